The lowest BCUT2D eigenvalue weighted by molar-refractivity contribution is -0.124. The van der Waals surface area contributed by atoms with Crippen molar-refractivity contribution in [3.63, 3.8) is 0 Å². The molecule has 1 N–H and O–H groups in total. The highest BCUT2D eigenvalue weighted by atomic mass is 16.1. The van der Waals surface area contributed by atoms with Gasteiger partial charge in [-0.05, 0) is 33.1 Å². The molecule has 0 aromatic rings. The molecule has 15 heavy (non-hydrogen) atoms. The number of ketones is 1. The molecule has 0 unspecified atom stereocenters. The van der Waals surface area contributed by atoms with E-state index in [-0.39, 0.29) is 17.5 Å². The first-order valence-electron chi connectivity index (χ1n) is 5.95. The van der Waals surface area contributed by atoms with Gasteiger partial charge in [0, 0.05) is 11.5 Å². The van der Waals surface area contributed by atoms with Crippen LogP contribution in [0, 0.1) is 11.8 Å². The lowest BCUT2D eigenvalue weighted by atomic mass is 9.92. The normalized spacial score (nSPS) is 14.7. The fourth-order valence-corrected chi connectivity index (χ4v) is 1.64. The fourth-order valence-electron chi connectivity index (χ4n) is 1.64. The van der Waals surface area contributed by atoms with Crippen LogP contribution in [0.3, 0.4) is 0 Å². The quantitative estimate of drug-likeness (QED) is 0.760. The Morgan fingerprint density at radius 3 is 1.87 bits per heavy atom. The maximum Gasteiger partial charge on any atom is 0.152 e. The van der Waals surface area contributed by atoms with E-state index in [0.29, 0.717) is 11.7 Å². The van der Waals surface area contributed by atoms with Gasteiger partial charge in [-0.3, -0.25) is 4.79 Å². The highest BCUT2D eigenvalue weighted by molar-refractivity contribution is 5.85. The van der Waals surface area contributed by atoms with E-state index in [1.807, 2.05) is 13.8 Å². The Bertz CT molecular complexity index is 201. The molecule has 0 saturated carbocycles. The summed E-state index contributed by atoms with van der Waals surface area (Å²) in [5.41, 5.74) is 0.00407. The maximum absolute atomic E-state index is 12.0. The topological polar surface area (TPSA) is 29.1 Å². The van der Waals surface area contributed by atoms with Crippen molar-refractivity contribution in [1.82, 2.24) is 5.32 Å². The molecule has 2 nitrogen and oxygen atoms in total. The highest BCUT2D eigenvalue weighted by Gasteiger charge is 2.25. The van der Waals surface area contributed by atoms with Gasteiger partial charge >= 0.3 is 0 Å². The van der Waals surface area contributed by atoms with Crippen LogP contribution in [0.15, 0.2) is 0 Å². The van der Waals surface area contributed by atoms with Crippen LogP contribution in [0.1, 0.15) is 54.9 Å². The molecular weight excluding hydrogens is 186 g/mol. The molecule has 0 aliphatic rings. The lowest BCUT2D eigenvalue weighted by Crippen LogP contribution is -2.49. The summed E-state index contributed by atoms with van der Waals surface area (Å²) in [6.07, 6.45) is 0.925. The highest BCUT2D eigenvalue weighted by Crippen LogP contribution is 2.13. The minimum Gasteiger partial charge on any atom is -0.303 e. The van der Waals surface area contributed by atoms with E-state index in [4.69, 9.17) is 0 Å². The van der Waals surface area contributed by atoms with Gasteiger partial charge in [0.05, 0.1) is 6.04 Å². The van der Waals surface area contributed by atoms with Crippen LogP contribution in [0.4, 0.5) is 0 Å². The molecule has 0 saturated heterocycles. The second kappa shape index (κ2) is 5.64. The molecule has 0 amide bonds. The van der Waals surface area contributed by atoms with Crippen LogP contribution < -0.4 is 5.32 Å². The molecule has 0 heterocycles. The number of Topliss-reactive ketones (excluding diaryl/α,β-unsaturated/α-hetero) is 1. The fraction of sp³-hybridized carbons (Fsp3) is 0.923. The van der Waals surface area contributed by atoms with Crippen LogP contribution in [0.5, 0.6) is 0 Å². The van der Waals surface area contributed by atoms with Crippen molar-refractivity contribution in [2.75, 3.05) is 0 Å². The molecule has 0 bridgehead atoms. The summed E-state index contributed by atoms with van der Waals surface area (Å²) in [4.78, 5) is 12.0. The largest absolute Gasteiger partial charge is 0.303 e. The third kappa shape index (κ3) is 6.67. The van der Waals surface area contributed by atoms with Gasteiger partial charge in [-0.1, -0.05) is 27.7 Å². The molecule has 0 rings (SSSR count). The van der Waals surface area contributed by atoms with E-state index >= 15 is 0 Å². The Kier molecular flexibility index (Phi) is 5.50. The predicted octanol–water partition coefficient (Wildman–Crippen LogP) is 3.01. The van der Waals surface area contributed by atoms with Crippen molar-refractivity contribution < 1.29 is 4.79 Å². The summed E-state index contributed by atoms with van der Waals surface area (Å²) in [7, 11) is 0. The molecule has 0 radical (unpaired) electrons. The zero-order chi connectivity index (χ0) is 12.2. The summed E-state index contributed by atoms with van der Waals surface area (Å²) >= 11 is 0. The van der Waals surface area contributed by atoms with Gasteiger partial charge in [-0.25, -0.2) is 0 Å². The van der Waals surface area contributed by atoms with Crippen LogP contribution in [-0.2, 0) is 4.79 Å². The van der Waals surface area contributed by atoms with Gasteiger partial charge in [-0.2, -0.15) is 0 Å². The van der Waals surface area contributed by atoms with Crippen molar-refractivity contribution in [2.24, 2.45) is 11.8 Å². The van der Waals surface area contributed by atoms with E-state index in [1.165, 1.54) is 0 Å². The third-order valence-electron chi connectivity index (χ3n) is 2.23. The van der Waals surface area contributed by atoms with E-state index < -0.39 is 0 Å². The van der Waals surface area contributed by atoms with Crippen molar-refractivity contribution in [2.45, 2.75) is 66.5 Å². The molecule has 1 atom stereocenters. The molecule has 0 spiro atoms. The Morgan fingerprint density at radius 2 is 1.60 bits per heavy atom. The summed E-state index contributed by atoms with van der Waals surface area (Å²) in [5, 5.41) is 3.42. The molecule has 0 fully saturated rings. The third-order valence-corrected chi connectivity index (χ3v) is 2.23. The summed E-state index contributed by atoms with van der Waals surface area (Å²) in [6, 6.07) is 0.00463. The van der Waals surface area contributed by atoms with Crippen LogP contribution in [0.2, 0.25) is 0 Å². The molecule has 0 aromatic heterocycles. The smallest absolute Gasteiger partial charge is 0.152 e. The average Bonchev–Trinajstić information content (AvgIpc) is 1.97. The van der Waals surface area contributed by atoms with Gasteiger partial charge in [0.1, 0.15) is 0 Å². The zero-order valence-corrected chi connectivity index (χ0v) is 11.3. The second-order valence-electron chi connectivity index (χ2n) is 6.13. The molecule has 0 aliphatic heterocycles. The number of hydrogen-bond donors (Lipinski definition) is 1. The minimum absolute atomic E-state index is 0.00407. The molecular formula is C13H27NO. The zero-order valence-electron chi connectivity index (χ0n) is 11.3. The summed E-state index contributed by atoms with van der Waals surface area (Å²) in [6.45, 7) is 14.6. The second-order valence-corrected chi connectivity index (χ2v) is 6.13. The van der Waals surface area contributed by atoms with Crippen LogP contribution in [-0.4, -0.2) is 17.4 Å². The van der Waals surface area contributed by atoms with Crippen LogP contribution >= 0.6 is 0 Å². The lowest BCUT2D eigenvalue weighted by Gasteiger charge is -2.29. The first-order valence-corrected chi connectivity index (χ1v) is 5.95. The Labute approximate surface area is 94.8 Å². The number of hydrogen-bond acceptors (Lipinski definition) is 2. The molecule has 90 valence electrons. The minimum atomic E-state index is 0.00407. The van der Waals surface area contributed by atoms with Gasteiger partial charge in [-0.15, -0.1) is 0 Å². The first kappa shape index (κ1) is 14.6. The monoisotopic (exact) mass is 213 g/mol. The summed E-state index contributed by atoms with van der Waals surface area (Å²) < 4.78 is 0. The van der Waals surface area contributed by atoms with Crippen molar-refractivity contribution in [3.05, 3.63) is 0 Å². The van der Waals surface area contributed by atoms with Gasteiger partial charge in [0.25, 0.3) is 0 Å². The first-order chi connectivity index (χ1) is 6.63. The van der Waals surface area contributed by atoms with E-state index in [1.54, 1.807) is 0 Å². The van der Waals surface area contributed by atoms with E-state index in [0.717, 1.165) is 6.42 Å². The Morgan fingerprint density at radius 1 is 1.13 bits per heavy atom. The number of rotatable bonds is 5. The van der Waals surface area contributed by atoms with Crippen molar-refractivity contribution in [3.8, 4) is 0 Å². The van der Waals surface area contributed by atoms with Gasteiger partial charge < -0.3 is 5.32 Å². The maximum atomic E-state index is 12.0. The number of carbonyl (C=O) groups is 1. The Balaban J connectivity index is 4.52. The number of carbonyl (C=O) groups excluding carboxylic acids is 1. The molecule has 0 aliphatic carbocycles. The number of nitrogens with one attached hydrogen (secondary N) is 1. The van der Waals surface area contributed by atoms with Crippen molar-refractivity contribution >= 4 is 5.78 Å². The SMILES string of the molecule is CC(C)C[C@H](NC(C)(C)C)C(=O)C(C)C. The van der Waals surface area contributed by atoms with Crippen molar-refractivity contribution in [1.29, 1.82) is 0 Å². The summed E-state index contributed by atoms with van der Waals surface area (Å²) in [5.74, 6) is 0.995. The van der Waals surface area contributed by atoms with E-state index in [2.05, 4.69) is 39.9 Å². The predicted molar refractivity (Wildman–Crippen MR) is 66.0 cm³/mol. The molecule has 2 heteroatoms. The Hall–Kier alpha value is -0.370. The van der Waals surface area contributed by atoms with Gasteiger partial charge in [0.2, 0.25) is 0 Å². The van der Waals surface area contributed by atoms with E-state index in [9.17, 15) is 4.79 Å². The molecule has 0 aromatic carbocycles. The van der Waals surface area contributed by atoms with Gasteiger partial charge in [0.15, 0.2) is 5.78 Å². The average molecular weight is 213 g/mol. The standard InChI is InChI=1S/C13H27NO/c1-9(2)8-11(12(15)10(3)4)14-13(5,6)7/h9-11,14H,8H2,1-7H3/t11-/m0/s1. The van der Waals surface area contributed by atoms with Crippen LogP contribution in [0.25, 0.3) is 0 Å².